The molecule has 1 aliphatic rings. The van der Waals surface area contributed by atoms with Gasteiger partial charge in [0.25, 0.3) is 5.91 Å². The summed E-state index contributed by atoms with van der Waals surface area (Å²) in [7, 11) is 1.96. The number of fused-ring (bicyclic) bond motifs is 1. The zero-order valence-corrected chi connectivity index (χ0v) is 15.9. The SMILES string of the molecule is CCn1ncc2c(C(=O)N3CCC(CNC)C3)cc(-c3ccccc3)nc21. The fourth-order valence-corrected chi connectivity index (χ4v) is 3.86. The number of nitrogens with one attached hydrogen (secondary N) is 1. The molecule has 1 saturated heterocycles. The van der Waals surface area contributed by atoms with Crippen molar-refractivity contribution in [2.75, 3.05) is 26.7 Å². The van der Waals surface area contributed by atoms with Crippen LogP contribution in [-0.2, 0) is 6.54 Å². The second-order valence-electron chi connectivity index (χ2n) is 7.08. The van der Waals surface area contributed by atoms with Crippen molar-refractivity contribution in [1.29, 1.82) is 0 Å². The van der Waals surface area contributed by atoms with E-state index in [1.807, 2.05) is 60.0 Å². The lowest BCUT2D eigenvalue weighted by Crippen LogP contribution is -2.30. The number of carbonyl (C=O) groups is 1. The molecule has 6 heteroatoms. The van der Waals surface area contributed by atoms with Crippen molar-refractivity contribution in [2.24, 2.45) is 5.92 Å². The van der Waals surface area contributed by atoms with E-state index >= 15 is 0 Å². The minimum atomic E-state index is 0.0776. The van der Waals surface area contributed by atoms with E-state index in [2.05, 4.69) is 10.4 Å². The summed E-state index contributed by atoms with van der Waals surface area (Å²) < 4.78 is 1.85. The van der Waals surface area contributed by atoms with Crippen LogP contribution in [0, 0.1) is 5.92 Å². The summed E-state index contributed by atoms with van der Waals surface area (Å²) in [5.74, 6) is 0.595. The summed E-state index contributed by atoms with van der Waals surface area (Å²) in [5.41, 5.74) is 3.29. The number of aromatic nitrogens is 3. The Hall–Kier alpha value is -2.73. The lowest BCUT2D eigenvalue weighted by atomic mass is 10.1. The van der Waals surface area contributed by atoms with Gasteiger partial charge in [0.05, 0.1) is 22.8 Å². The topological polar surface area (TPSA) is 63.1 Å². The Balaban J connectivity index is 1.77. The second kappa shape index (κ2) is 7.48. The van der Waals surface area contributed by atoms with Gasteiger partial charge in [0.2, 0.25) is 0 Å². The molecule has 1 amide bonds. The summed E-state index contributed by atoms with van der Waals surface area (Å²) in [5, 5.41) is 8.49. The van der Waals surface area contributed by atoms with Gasteiger partial charge in [-0.05, 0) is 38.9 Å². The molecule has 3 aromatic rings. The Morgan fingerprint density at radius 1 is 1.30 bits per heavy atom. The highest BCUT2D eigenvalue weighted by atomic mass is 16.2. The first kappa shape index (κ1) is 17.7. The van der Waals surface area contributed by atoms with Gasteiger partial charge in [0, 0.05) is 25.2 Å². The predicted octanol–water partition coefficient (Wildman–Crippen LogP) is 2.80. The second-order valence-corrected chi connectivity index (χ2v) is 7.08. The fraction of sp³-hybridized carbons (Fsp3) is 0.381. The zero-order chi connectivity index (χ0) is 18.8. The van der Waals surface area contributed by atoms with E-state index in [-0.39, 0.29) is 5.91 Å². The van der Waals surface area contributed by atoms with E-state index < -0.39 is 0 Å². The van der Waals surface area contributed by atoms with Crippen LogP contribution in [0.3, 0.4) is 0 Å². The maximum absolute atomic E-state index is 13.3. The van der Waals surface area contributed by atoms with Crippen molar-refractivity contribution < 1.29 is 4.79 Å². The molecule has 1 N–H and O–H groups in total. The van der Waals surface area contributed by atoms with Crippen LogP contribution in [0.1, 0.15) is 23.7 Å². The van der Waals surface area contributed by atoms with Gasteiger partial charge in [-0.15, -0.1) is 0 Å². The minimum Gasteiger partial charge on any atom is -0.338 e. The van der Waals surface area contributed by atoms with E-state index in [1.165, 1.54) is 0 Å². The van der Waals surface area contributed by atoms with E-state index in [4.69, 9.17) is 4.98 Å². The number of hydrogen-bond donors (Lipinski definition) is 1. The van der Waals surface area contributed by atoms with Crippen molar-refractivity contribution in [2.45, 2.75) is 19.9 Å². The van der Waals surface area contributed by atoms with Gasteiger partial charge in [-0.2, -0.15) is 5.10 Å². The number of aryl methyl sites for hydroxylation is 1. The molecule has 0 aliphatic carbocycles. The summed E-state index contributed by atoms with van der Waals surface area (Å²) in [6.45, 7) is 5.30. The van der Waals surface area contributed by atoms with Crippen molar-refractivity contribution in [1.82, 2.24) is 25.0 Å². The lowest BCUT2D eigenvalue weighted by Gasteiger charge is -2.18. The molecule has 1 unspecified atom stereocenters. The average Bonchev–Trinajstić information content (AvgIpc) is 3.34. The average molecular weight is 363 g/mol. The molecule has 2 aromatic heterocycles. The largest absolute Gasteiger partial charge is 0.338 e. The van der Waals surface area contributed by atoms with E-state index in [9.17, 15) is 4.79 Å². The van der Waals surface area contributed by atoms with Crippen LogP contribution in [-0.4, -0.2) is 52.3 Å². The van der Waals surface area contributed by atoms with Crippen LogP contribution < -0.4 is 5.32 Å². The Morgan fingerprint density at radius 2 is 2.11 bits per heavy atom. The monoisotopic (exact) mass is 363 g/mol. The summed E-state index contributed by atoms with van der Waals surface area (Å²) >= 11 is 0. The van der Waals surface area contributed by atoms with Gasteiger partial charge in [0.1, 0.15) is 0 Å². The minimum absolute atomic E-state index is 0.0776. The Labute approximate surface area is 159 Å². The van der Waals surface area contributed by atoms with Gasteiger partial charge < -0.3 is 10.2 Å². The van der Waals surface area contributed by atoms with E-state index in [0.29, 0.717) is 11.5 Å². The number of nitrogens with zero attached hydrogens (tertiary/aromatic N) is 4. The number of carbonyl (C=O) groups excluding carboxylic acids is 1. The number of amides is 1. The van der Waals surface area contributed by atoms with Crippen molar-refractivity contribution in [3.8, 4) is 11.3 Å². The molecule has 6 nitrogen and oxygen atoms in total. The van der Waals surface area contributed by atoms with Crippen LogP contribution in [0.25, 0.3) is 22.3 Å². The third-order valence-corrected chi connectivity index (χ3v) is 5.27. The maximum Gasteiger partial charge on any atom is 0.254 e. The smallest absolute Gasteiger partial charge is 0.254 e. The van der Waals surface area contributed by atoms with Crippen LogP contribution in [0.15, 0.2) is 42.6 Å². The van der Waals surface area contributed by atoms with Gasteiger partial charge in [-0.1, -0.05) is 30.3 Å². The standard InChI is InChI=1S/C21H25N5O/c1-3-26-20-18(13-23-26)17(11-19(24-20)16-7-5-4-6-8-16)21(27)25-10-9-15(14-25)12-22-2/h4-8,11,13,15,22H,3,9-10,12,14H2,1-2H3. The third kappa shape index (κ3) is 3.32. The molecule has 1 aliphatic heterocycles. The fourth-order valence-electron chi connectivity index (χ4n) is 3.86. The highest BCUT2D eigenvalue weighted by Crippen LogP contribution is 2.27. The van der Waals surface area contributed by atoms with E-state index in [1.54, 1.807) is 6.20 Å². The Bertz CT molecular complexity index is 950. The van der Waals surface area contributed by atoms with Gasteiger partial charge >= 0.3 is 0 Å². The molecule has 27 heavy (non-hydrogen) atoms. The molecule has 0 radical (unpaired) electrons. The maximum atomic E-state index is 13.3. The number of likely N-dealkylation sites (tertiary alicyclic amines) is 1. The molecule has 4 rings (SSSR count). The molecule has 1 atom stereocenters. The highest BCUT2D eigenvalue weighted by molar-refractivity contribution is 6.06. The molecular formula is C21H25N5O. The first-order valence-electron chi connectivity index (χ1n) is 9.57. The van der Waals surface area contributed by atoms with Gasteiger partial charge in [0.15, 0.2) is 5.65 Å². The summed E-state index contributed by atoms with van der Waals surface area (Å²) in [4.78, 5) is 20.1. The molecular weight excluding hydrogens is 338 g/mol. The zero-order valence-electron chi connectivity index (χ0n) is 15.9. The van der Waals surface area contributed by atoms with Gasteiger partial charge in [-0.3, -0.25) is 4.79 Å². The van der Waals surface area contributed by atoms with Crippen LogP contribution >= 0.6 is 0 Å². The van der Waals surface area contributed by atoms with Crippen LogP contribution in [0.4, 0.5) is 0 Å². The molecule has 1 fully saturated rings. The molecule has 0 saturated carbocycles. The number of benzene rings is 1. The molecule has 0 bridgehead atoms. The molecule has 1 aromatic carbocycles. The van der Waals surface area contributed by atoms with Crippen LogP contribution in [0.2, 0.25) is 0 Å². The summed E-state index contributed by atoms with van der Waals surface area (Å²) in [6.07, 6.45) is 2.82. The Morgan fingerprint density at radius 3 is 2.85 bits per heavy atom. The van der Waals surface area contributed by atoms with Gasteiger partial charge in [-0.25, -0.2) is 9.67 Å². The molecule has 3 heterocycles. The van der Waals surface area contributed by atoms with E-state index in [0.717, 1.165) is 54.9 Å². The number of rotatable bonds is 5. The van der Waals surface area contributed by atoms with Crippen molar-refractivity contribution >= 4 is 16.9 Å². The third-order valence-electron chi connectivity index (χ3n) is 5.27. The highest BCUT2D eigenvalue weighted by Gasteiger charge is 2.28. The van der Waals surface area contributed by atoms with Crippen LogP contribution in [0.5, 0.6) is 0 Å². The first-order chi connectivity index (χ1) is 13.2. The quantitative estimate of drug-likeness (QED) is 0.757. The first-order valence-corrected chi connectivity index (χ1v) is 9.57. The predicted molar refractivity (Wildman–Crippen MR) is 107 cm³/mol. The Kier molecular flexibility index (Phi) is 4.90. The van der Waals surface area contributed by atoms with Crippen molar-refractivity contribution in [3.63, 3.8) is 0 Å². The number of pyridine rings is 1. The summed E-state index contributed by atoms with van der Waals surface area (Å²) in [6, 6.07) is 11.9. The molecule has 0 spiro atoms. The number of hydrogen-bond acceptors (Lipinski definition) is 4. The lowest BCUT2D eigenvalue weighted by molar-refractivity contribution is 0.0789. The van der Waals surface area contributed by atoms with Crippen molar-refractivity contribution in [3.05, 3.63) is 48.2 Å². The normalized spacial score (nSPS) is 17.0. The molecule has 140 valence electrons.